The van der Waals surface area contributed by atoms with Crippen LogP contribution in [0.15, 0.2) is 11.6 Å². The van der Waals surface area contributed by atoms with Crippen LogP contribution in [0.4, 0.5) is 5.95 Å². The molecule has 0 spiro atoms. The molecular formula is C40H68N6O5. The third-order valence-corrected chi connectivity index (χ3v) is 16.5. The molecule has 11 heteroatoms. The summed E-state index contributed by atoms with van der Waals surface area (Å²) in [5.41, 5.74) is 5.88. The molecule has 0 radical (unpaired) electrons. The number of aromatic nitrogens is 4. The average Bonchev–Trinajstić information content (AvgIpc) is 3.49. The number of aliphatic hydroxyl groups excluding tert-OH is 1. The first-order chi connectivity index (χ1) is 23.8. The number of carboxylic acids is 1. The summed E-state index contributed by atoms with van der Waals surface area (Å²) in [6.07, 6.45) is 8.46. The van der Waals surface area contributed by atoms with E-state index in [4.69, 9.17) is 15.2 Å². The van der Waals surface area contributed by atoms with Crippen molar-refractivity contribution in [2.45, 2.75) is 132 Å². The molecule has 4 aliphatic carbocycles. The molecule has 1 aliphatic heterocycles. The number of carboxylic acid groups (broad SMARTS) is 1. The van der Waals surface area contributed by atoms with Gasteiger partial charge in [-0.3, -0.25) is 4.79 Å². The lowest BCUT2D eigenvalue weighted by atomic mass is 9.34. The van der Waals surface area contributed by atoms with Gasteiger partial charge < -0.3 is 30.7 Å². The van der Waals surface area contributed by atoms with Crippen molar-refractivity contribution in [3.8, 4) is 0 Å². The Kier molecular flexibility index (Phi) is 10.1. The third-order valence-electron chi connectivity index (χ3n) is 16.5. The molecule has 1 aromatic rings. The second-order valence-corrected chi connectivity index (χ2v) is 19.4. The van der Waals surface area contributed by atoms with Crippen LogP contribution in [-0.4, -0.2) is 81.0 Å². The van der Waals surface area contributed by atoms with Gasteiger partial charge in [0.2, 0.25) is 0 Å². The molecule has 1 aromatic heterocycles. The maximum Gasteiger partial charge on any atom is 0.307 e. The number of nitrogen functional groups attached to an aromatic ring is 1. The summed E-state index contributed by atoms with van der Waals surface area (Å²) >= 11 is 0. The predicted octanol–water partition coefficient (Wildman–Crippen LogP) is 6.16. The van der Waals surface area contributed by atoms with Gasteiger partial charge in [0, 0.05) is 23.0 Å². The maximum atomic E-state index is 13.5. The van der Waals surface area contributed by atoms with Gasteiger partial charge in [-0.25, -0.2) is 0 Å². The zero-order valence-corrected chi connectivity index (χ0v) is 33.2. The van der Waals surface area contributed by atoms with Gasteiger partial charge >= 0.3 is 5.97 Å². The molecule has 51 heavy (non-hydrogen) atoms. The predicted molar refractivity (Wildman–Crippen MR) is 198 cm³/mol. The first-order valence-corrected chi connectivity index (χ1v) is 19.9. The zero-order valence-electron chi connectivity index (χ0n) is 33.2. The van der Waals surface area contributed by atoms with Crippen LogP contribution in [-0.2, 0) is 14.3 Å². The van der Waals surface area contributed by atoms with Crippen LogP contribution in [0.1, 0.15) is 120 Å². The highest BCUT2D eigenvalue weighted by Gasteiger charge is 2.72. The quantitative estimate of drug-likeness (QED) is 0.146. The number of allylic oxidation sites excluding steroid dienone is 1. The Hall–Kier alpha value is -2.08. The number of fused-ring (bicyclic) bond motifs is 3. The Morgan fingerprint density at radius 1 is 1.14 bits per heavy atom. The zero-order chi connectivity index (χ0) is 37.4. The average molecular weight is 713 g/mol. The Labute approximate surface area is 306 Å². The van der Waals surface area contributed by atoms with Crippen molar-refractivity contribution in [3.05, 3.63) is 11.6 Å². The smallest absolute Gasteiger partial charge is 0.307 e. The highest BCUT2D eigenvalue weighted by molar-refractivity contribution is 5.73. The number of aliphatic hydroxyl groups is 1. The number of nitrogens with one attached hydrogen (secondary N) is 1. The summed E-state index contributed by atoms with van der Waals surface area (Å²) in [6.45, 7) is 25.3. The van der Waals surface area contributed by atoms with Gasteiger partial charge in [0.15, 0.2) is 0 Å². The molecule has 5 N–H and O–H groups in total. The number of ether oxygens (including phenoxy) is 2. The lowest BCUT2D eigenvalue weighted by Crippen LogP contribution is -2.69. The minimum atomic E-state index is -0.637. The van der Waals surface area contributed by atoms with Crippen molar-refractivity contribution in [1.29, 1.82) is 0 Å². The van der Waals surface area contributed by atoms with Gasteiger partial charge in [0.1, 0.15) is 6.04 Å². The van der Waals surface area contributed by atoms with E-state index in [1.54, 1.807) is 4.80 Å². The van der Waals surface area contributed by atoms with Gasteiger partial charge in [0.05, 0.1) is 31.8 Å². The highest BCUT2D eigenvalue weighted by atomic mass is 16.5. The number of hydrogen-bond donors (Lipinski definition) is 4. The van der Waals surface area contributed by atoms with Crippen molar-refractivity contribution in [3.63, 3.8) is 0 Å². The number of nitrogens with zero attached hydrogens (tertiary/aromatic N) is 4. The number of aliphatic carboxylic acids is 1. The maximum absolute atomic E-state index is 13.5. The Bertz CT molecular complexity index is 1480. The summed E-state index contributed by atoms with van der Waals surface area (Å²) in [5.74, 6) is 0.689. The Balaban J connectivity index is 1.41. The summed E-state index contributed by atoms with van der Waals surface area (Å²) in [7, 11) is 0. The number of rotatable bonds is 12. The van der Waals surface area contributed by atoms with Gasteiger partial charge in [0.25, 0.3) is 5.95 Å². The Morgan fingerprint density at radius 3 is 2.47 bits per heavy atom. The van der Waals surface area contributed by atoms with E-state index in [0.717, 1.165) is 38.5 Å². The molecule has 0 unspecified atom stereocenters. The normalized spacial score (nSPS) is 42.4. The van der Waals surface area contributed by atoms with Crippen molar-refractivity contribution in [2.75, 3.05) is 38.7 Å². The molecule has 2 bridgehead atoms. The molecule has 11 nitrogen and oxygen atoms in total. The minimum Gasteiger partial charge on any atom is -0.481 e. The van der Waals surface area contributed by atoms with Crippen molar-refractivity contribution >= 4 is 11.9 Å². The second kappa shape index (κ2) is 13.3. The molecular weight excluding hydrogens is 644 g/mol. The number of hydrogen-bond acceptors (Lipinski definition) is 9. The molecule has 5 aliphatic rings. The monoisotopic (exact) mass is 713 g/mol. The van der Waals surface area contributed by atoms with Crippen LogP contribution < -0.4 is 11.1 Å². The van der Waals surface area contributed by atoms with Crippen molar-refractivity contribution in [2.24, 2.45) is 62.6 Å². The van der Waals surface area contributed by atoms with E-state index in [2.05, 4.69) is 96.0 Å². The van der Waals surface area contributed by atoms with Crippen LogP contribution in [0.2, 0.25) is 0 Å². The van der Waals surface area contributed by atoms with E-state index >= 15 is 0 Å². The summed E-state index contributed by atoms with van der Waals surface area (Å²) in [5, 5.41) is 37.4. The van der Waals surface area contributed by atoms with E-state index in [1.807, 2.05) is 0 Å². The fourth-order valence-electron chi connectivity index (χ4n) is 12.6. The summed E-state index contributed by atoms with van der Waals surface area (Å²) < 4.78 is 13.9. The number of anilines is 1. The topological polar surface area (TPSA) is 158 Å². The molecule has 0 amide bonds. The molecule has 4 fully saturated rings. The number of tetrazole rings is 1. The van der Waals surface area contributed by atoms with Crippen LogP contribution in [0.25, 0.3) is 0 Å². The fraction of sp³-hybridized carbons (Fsp3) is 0.900. The molecule has 288 valence electrons. The fourth-order valence-corrected chi connectivity index (χ4v) is 12.6. The summed E-state index contributed by atoms with van der Waals surface area (Å²) in [6, 6.07) is -0.206. The van der Waals surface area contributed by atoms with Gasteiger partial charge in [-0.15, -0.1) is 5.10 Å². The molecule has 1 saturated heterocycles. The van der Waals surface area contributed by atoms with Gasteiger partial charge in [-0.2, -0.15) is 4.80 Å². The van der Waals surface area contributed by atoms with E-state index in [9.17, 15) is 15.0 Å². The lowest BCUT2D eigenvalue weighted by Gasteiger charge is -2.71. The molecule has 12 atom stereocenters. The standard InChI is InChI=1S/C40H68N6O5/c1-24(2)26(5)35(6)16-17-37(8)27-12-13-30-36(7)21-50-23-40(30,28(27)14-15-38(37,9)31(35)33(48)49)20-29(46-44-34(41)43-45-46)32(36)51-22-39(10,25(3)4)42-18-11-19-47/h14,24-27,29-32,42,47H,11-13,15-23H2,1-10H3,(H2,41,44)(H,48,49)/t26-,27+,29-,30+,31-,32+,35-,36+,37-,38+,39+,40+/m1/s1. The van der Waals surface area contributed by atoms with E-state index < -0.39 is 11.9 Å². The van der Waals surface area contributed by atoms with Gasteiger partial charge in [-0.1, -0.05) is 79.1 Å². The van der Waals surface area contributed by atoms with E-state index in [-0.39, 0.29) is 63.2 Å². The van der Waals surface area contributed by atoms with Crippen LogP contribution in [0.5, 0.6) is 0 Å². The largest absolute Gasteiger partial charge is 0.481 e. The van der Waals surface area contributed by atoms with Crippen molar-refractivity contribution in [1.82, 2.24) is 25.5 Å². The lowest BCUT2D eigenvalue weighted by molar-refractivity contribution is -0.254. The number of nitrogens with two attached hydrogens (primary N) is 1. The first-order valence-electron chi connectivity index (χ1n) is 19.9. The SMILES string of the molecule is CC(C)[C@@H](C)[C@@]1(C)CC[C@]2(C)[C@H]3CC[C@@H]4[C@@]5(COC[C@]4(C)[C@@H](OC[C@](C)(NCCCO)C(C)C)[C@H](n4nnc(N)n4)C5)C3=CC[C@@]2(C)[C@@H]1C(=O)O. The molecule has 3 saturated carbocycles. The van der Waals surface area contributed by atoms with Crippen molar-refractivity contribution < 1.29 is 24.5 Å². The molecule has 6 rings (SSSR count). The Morgan fingerprint density at radius 2 is 1.86 bits per heavy atom. The second-order valence-electron chi connectivity index (χ2n) is 19.4. The number of carbonyl (C=O) groups is 1. The molecule has 0 aromatic carbocycles. The highest BCUT2D eigenvalue weighted by Crippen LogP contribution is 2.75. The van der Waals surface area contributed by atoms with E-state index in [1.165, 1.54) is 5.57 Å². The van der Waals surface area contributed by atoms with Crippen LogP contribution >= 0.6 is 0 Å². The minimum absolute atomic E-state index is 0.147. The van der Waals surface area contributed by atoms with Crippen LogP contribution in [0.3, 0.4) is 0 Å². The van der Waals surface area contributed by atoms with Crippen LogP contribution in [0, 0.1) is 62.6 Å². The summed E-state index contributed by atoms with van der Waals surface area (Å²) in [4.78, 5) is 15.2. The third kappa shape index (κ3) is 5.72. The van der Waals surface area contributed by atoms with Gasteiger partial charge in [-0.05, 0) is 109 Å². The molecule has 2 heterocycles. The first kappa shape index (κ1) is 38.6. The van der Waals surface area contributed by atoms with E-state index in [0.29, 0.717) is 56.5 Å².